The zero-order chi connectivity index (χ0) is 14.8. The number of fused-ring (bicyclic) bond motifs is 1. The van der Waals surface area contributed by atoms with E-state index in [9.17, 15) is 0 Å². The van der Waals surface area contributed by atoms with E-state index in [0.717, 1.165) is 21.3 Å². The van der Waals surface area contributed by atoms with Crippen molar-refractivity contribution < 1.29 is 9.47 Å². The molecular formula is C15H13ClN2O2S. The zero-order valence-electron chi connectivity index (χ0n) is 11.1. The van der Waals surface area contributed by atoms with Gasteiger partial charge in [-0.3, -0.25) is 5.41 Å². The maximum Gasteiger partial charge on any atom is 0.162 e. The van der Waals surface area contributed by atoms with Gasteiger partial charge in [0.1, 0.15) is 19.0 Å². The molecule has 0 saturated heterocycles. The van der Waals surface area contributed by atoms with Gasteiger partial charge in [0.2, 0.25) is 0 Å². The van der Waals surface area contributed by atoms with Gasteiger partial charge in [-0.05, 0) is 36.4 Å². The molecule has 0 aromatic heterocycles. The molecule has 1 aliphatic rings. The van der Waals surface area contributed by atoms with Crippen LogP contribution in [0.1, 0.15) is 5.56 Å². The summed E-state index contributed by atoms with van der Waals surface area (Å²) in [4.78, 5) is 2.01. The average Bonchev–Trinajstić information content (AvgIpc) is 2.47. The molecule has 0 saturated carbocycles. The lowest BCUT2D eigenvalue weighted by molar-refractivity contribution is 0.171. The summed E-state index contributed by atoms with van der Waals surface area (Å²) in [5, 5.41) is 7.91. The van der Waals surface area contributed by atoms with E-state index >= 15 is 0 Å². The summed E-state index contributed by atoms with van der Waals surface area (Å²) in [6, 6.07) is 11.3. The van der Waals surface area contributed by atoms with Gasteiger partial charge in [0, 0.05) is 15.4 Å². The Hall–Kier alpha value is -1.85. The standard InChI is InChI=1S/C15H13ClN2O2S/c16-12-7-9(1-3-11(12)15(17)18)21-10-2-4-13-14(8-10)20-6-5-19-13/h1-4,7-8H,5-6H2,(H3,17,18). The highest BCUT2D eigenvalue weighted by atomic mass is 35.5. The van der Waals surface area contributed by atoms with Crippen LogP contribution in [0.15, 0.2) is 46.2 Å². The maximum absolute atomic E-state index is 7.43. The fourth-order valence-corrected chi connectivity index (χ4v) is 3.24. The summed E-state index contributed by atoms with van der Waals surface area (Å²) in [7, 11) is 0. The second-order valence-corrected chi connectivity index (χ2v) is 6.02. The first-order valence-electron chi connectivity index (χ1n) is 6.35. The third-order valence-corrected chi connectivity index (χ3v) is 4.27. The molecule has 2 aromatic carbocycles. The maximum atomic E-state index is 7.43. The second kappa shape index (κ2) is 5.87. The number of amidine groups is 1. The highest BCUT2D eigenvalue weighted by molar-refractivity contribution is 7.99. The topological polar surface area (TPSA) is 68.3 Å². The highest BCUT2D eigenvalue weighted by Crippen LogP contribution is 2.37. The largest absolute Gasteiger partial charge is 0.486 e. The first kappa shape index (κ1) is 14.1. The van der Waals surface area contributed by atoms with Crippen LogP contribution in [0.25, 0.3) is 0 Å². The number of rotatable bonds is 3. The summed E-state index contributed by atoms with van der Waals surface area (Å²) in [6.07, 6.45) is 0. The highest BCUT2D eigenvalue weighted by Gasteiger charge is 2.12. The Morgan fingerprint density at radius 1 is 1.05 bits per heavy atom. The van der Waals surface area contributed by atoms with E-state index in [4.69, 9.17) is 32.2 Å². The van der Waals surface area contributed by atoms with Gasteiger partial charge < -0.3 is 15.2 Å². The molecule has 0 spiro atoms. The van der Waals surface area contributed by atoms with Crippen molar-refractivity contribution in [3.05, 3.63) is 47.0 Å². The summed E-state index contributed by atoms with van der Waals surface area (Å²) in [6.45, 7) is 1.15. The molecule has 3 rings (SSSR count). The summed E-state index contributed by atoms with van der Waals surface area (Å²) >= 11 is 7.69. The van der Waals surface area contributed by atoms with E-state index in [1.165, 1.54) is 0 Å². The minimum Gasteiger partial charge on any atom is -0.486 e. The van der Waals surface area contributed by atoms with Crippen LogP contribution in [0, 0.1) is 5.41 Å². The molecule has 0 fully saturated rings. The molecule has 108 valence electrons. The second-order valence-electron chi connectivity index (χ2n) is 4.46. The monoisotopic (exact) mass is 320 g/mol. The molecule has 4 nitrogen and oxygen atoms in total. The molecule has 6 heteroatoms. The SMILES string of the molecule is N=C(N)c1ccc(Sc2ccc3c(c2)OCCO3)cc1Cl. The van der Waals surface area contributed by atoms with E-state index in [-0.39, 0.29) is 5.84 Å². The predicted molar refractivity (Wildman–Crippen MR) is 84.0 cm³/mol. The molecule has 0 atom stereocenters. The van der Waals surface area contributed by atoms with Crippen LogP contribution < -0.4 is 15.2 Å². The molecule has 2 aromatic rings. The first-order chi connectivity index (χ1) is 10.1. The van der Waals surface area contributed by atoms with Crippen LogP contribution >= 0.6 is 23.4 Å². The van der Waals surface area contributed by atoms with Gasteiger partial charge in [0.25, 0.3) is 0 Å². The first-order valence-corrected chi connectivity index (χ1v) is 7.54. The van der Waals surface area contributed by atoms with E-state index in [1.807, 2.05) is 24.3 Å². The van der Waals surface area contributed by atoms with Crippen LogP contribution in [0.4, 0.5) is 0 Å². The lowest BCUT2D eigenvalue weighted by Crippen LogP contribution is -2.15. The van der Waals surface area contributed by atoms with Crippen molar-refractivity contribution in [3.8, 4) is 11.5 Å². The van der Waals surface area contributed by atoms with Crippen molar-refractivity contribution in [2.75, 3.05) is 13.2 Å². The van der Waals surface area contributed by atoms with E-state index in [0.29, 0.717) is 23.8 Å². The Labute approximate surface area is 131 Å². The number of hydrogen-bond donors (Lipinski definition) is 2. The molecule has 0 bridgehead atoms. The van der Waals surface area contributed by atoms with Gasteiger partial charge in [-0.25, -0.2) is 0 Å². The van der Waals surface area contributed by atoms with Crippen LogP contribution in [0.2, 0.25) is 5.02 Å². The Kier molecular flexibility index (Phi) is 3.94. The van der Waals surface area contributed by atoms with E-state index in [1.54, 1.807) is 23.9 Å². The van der Waals surface area contributed by atoms with Gasteiger partial charge in [0.15, 0.2) is 11.5 Å². The number of halogens is 1. The lowest BCUT2D eigenvalue weighted by atomic mass is 10.2. The number of nitrogens with two attached hydrogens (primary N) is 1. The summed E-state index contributed by atoms with van der Waals surface area (Å²) in [5.74, 6) is 1.50. The van der Waals surface area contributed by atoms with Gasteiger partial charge in [-0.15, -0.1) is 0 Å². The van der Waals surface area contributed by atoms with Gasteiger partial charge in [-0.2, -0.15) is 0 Å². The Balaban J connectivity index is 1.83. The van der Waals surface area contributed by atoms with Crippen LogP contribution in [0.5, 0.6) is 11.5 Å². The Morgan fingerprint density at radius 2 is 1.71 bits per heavy atom. The molecule has 0 unspecified atom stereocenters. The normalized spacial score (nSPS) is 13.0. The number of nitrogen functional groups attached to an aromatic ring is 1. The fourth-order valence-electron chi connectivity index (χ4n) is 2.00. The molecule has 1 heterocycles. The number of benzene rings is 2. The Morgan fingerprint density at radius 3 is 2.43 bits per heavy atom. The number of hydrogen-bond acceptors (Lipinski definition) is 4. The van der Waals surface area contributed by atoms with Crippen molar-refractivity contribution in [1.29, 1.82) is 5.41 Å². The lowest BCUT2D eigenvalue weighted by Gasteiger charge is -2.18. The quantitative estimate of drug-likeness (QED) is 0.670. The van der Waals surface area contributed by atoms with Gasteiger partial charge in [0.05, 0.1) is 5.02 Å². The number of nitrogens with one attached hydrogen (secondary N) is 1. The van der Waals surface area contributed by atoms with Crippen molar-refractivity contribution in [2.24, 2.45) is 5.73 Å². The van der Waals surface area contributed by atoms with Crippen LogP contribution in [-0.4, -0.2) is 19.0 Å². The van der Waals surface area contributed by atoms with Crippen molar-refractivity contribution in [3.63, 3.8) is 0 Å². The molecule has 0 radical (unpaired) electrons. The van der Waals surface area contributed by atoms with Crippen molar-refractivity contribution in [2.45, 2.75) is 9.79 Å². The van der Waals surface area contributed by atoms with Gasteiger partial charge in [-0.1, -0.05) is 23.4 Å². The Bertz CT molecular complexity index is 706. The van der Waals surface area contributed by atoms with Crippen LogP contribution in [0.3, 0.4) is 0 Å². The fraction of sp³-hybridized carbons (Fsp3) is 0.133. The summed E-state index contributed by atoms with van der Waals surface area (Å²) in [5.41, 5.74) is 6.00. The third-order valence-electron chi connectivity index (χ3n) is 2.98. The minimum absolute atomic E-state index is 0.0316. The van der Waals surface area contributed by atoms with E-state index < -0.39 is 0 Å². The zero-order valence-corrected chi connectivity index (χ0v) is 12.6. The average molecular weight is 321 g/mol. The van der Waals surface area contributed by atoms with Crippen molar-refractivity contribution >= 4 is 29.2 Å². The molecule has 3 N–H and O–H groups in total. The minimum atomic E-state index is -0.0316. The molecule has 21 heavy (non-hydrogen) atoms. The van der Waals surface area contributed by atoms with Crippen molar-refractivity contribution in [1.82, 2.24) is 0 Å². The third kappa shape index (κ3) is 3.09. The molecule has 0 aliphatic carbocycles. The molecule has 1 aliphatic heterocycles. The summed E-state index contributed by atoms with van der Waals surface area (Å²) < 4.78 is 11.1. The van der Waals surface area contributed by atoms with Crippen LogP contribution in [-0.2, 0) is 0 Å². The molecule has 0 amide bonds. The predicted octanol–water partition coefficient (Wildman–Crippen LogP) is 3.55. The van der Waals surface area contributed by atoms with E-state index in [2.05, 4.69) is 0 Å². The smallest absolute Gasteiger partial charge is 0.162 e. The number of ether oxygens (including phenoxy) is 2. The van der Waals surface area contributed by atoms with Gasteiger partial charge >= 0.3 is 0 Å². The molecular weight excluding hydrogens is 308 g/mol.